The van der Waals surface area contributed by atoms with E-state index < -0.39 is 5.97 Å². The van der Waals surface area contributed by atoms with Gasteiger partial charge in [0.15, 0.2) is 0 Å². The number of carbonyl (C=O) groups is 1. The minimum Gasteiger partial charge on any atom is -0.481 e. The molecule has 0 aliphatic rings. The zero-order chi connectivity index (χ0) is 14.7. The van der Waals surface area contributed by atoms with Crippen molar-refractivity contribution in [3.8, 4) is 11.5 Å². The lowest BCUT2D eigenvalue weighted by atomic mass is 10.0. The summed E-state index contributed by atoms with van der Waals surface area (Å²) < 4.78 is 5.16. The van der Waals surface area contributed by atoms with Gasteiger partial charge in [-0.1, -0.05) is 18.1 Å². The topological polar surface area (TPSA) is 89.1 Å². The Morgan fingerprint density at radius 3 is 2.85 bits per heavy atom. The van der Waals surface area contributed by atoms with Crippen LogP contribution in [0.3, 0.4) is 0 Å². The lowest BCUT2D eigenvalue weighted by molar-refractivity contribution is -0.137. The molecule has 0 bridgehead atoms. The molecule has 2 aromatic heterocycles. The first-order valence-corrected chi connectivity index (χ1v) is 6.43. The second-order valence-corrected chi connectivity index (χ2v) is 5.10. The highest BCUT2D eigenvalue weighted by atomic mass is 16.5. The molecule has 106 valence electrons. The zero-order valence-electron chi connectivity index (χ0n) is 11.8. The van der Waals surface area contributed by atoms with Crippen LogP contribution in [0.25, 0.3) is 11.5 Å². The molecule has 0 fully saturated rings. The van der Waals surface area contributed by atoms with E-state index in [0.717, 1.165) is 11.1 Å². The van der Waals surface area contributed by atoms with Crippen molar-refractivity contribution in [3.05, 3.63) is 29.3 Å². The molecule has 1 unspecified atom stereocenters. The average molecular weight is 275 g/mol. The van der Waals surface area contributed by atoms with Crippen LogP contribution in [-0.4, -0.2) is 26.2 Å². The molecule has 20 heavy (non-hydrogen) atoms. The predicted octanol–water partition coefficient (Wildman–Crippen LogP) is 2.40. The molecule has 0 aromatic carbocycles. The Morgan fingerprint density at radius 2 is 2.20 bits per heavy atom. The smallest absolute Gasteiger partial charge is 0.303 e. The molecule has 0 spiro atoms. The number of aryl methyl sites for hydroxylation is 2. The van der Waals surface area contributed by atoms with Crippen molar-refractivity contribution in [2.45, 2.75) is 33.6 Å². The van der Waals surface area contributed by atoms with E-state index in [4.69, 9.17) is 9.63 Å². The van der Waals surface area contributed by atoms with E-state index in [1.54, 1.807) is 6.20 Å². The van der Waals surface area contributed by atoms with Gasteiger partial charge in [0.25, 0.3) is 0 Å². The fourth-order valence-corrected chi connectivity index (χ4v) is 2.05. The average Bonchev–Trinajstić information content (AvgIpc) is 2.75. The second kappa shape index (κ2) is 5.81. The number of nitrogens with zero attached hydrogens (tertiary/aromatic N) is 3. The maximum absolute atomic E-state index is 10.6. The number of aliphatic carboxylic acids is 1. The first-order valence-electron chi connectivity index (χ1n) is 6.43. The third-order valence-electron chi connectivity index (χ3n) is 2.94. The molecule has 0 radical (unpaired) electrons. The van der Waals surface area contributed by atoms with Crippen molar-refractivity contribution in [2.75, 3.05) is 0 Å². The number of carboxylic acid groups (broad SMARTS) is 1. The van der Waals surface area contributed by atoms with Crippen LogP contribution in [-0.2, 0) is 11.2 Å². The molecule has 2 rings (SSSR count). The van der Waals surface area contributed by atoms with Gasteiger partial charge in [-0.25, -0.2) is 0 Å². The van der Waals surface area contributed by atoms with Crippen molar-refractivity contribution >= 4 is 5.97 Å². The van der Waals surface area contributed by atoms with E-state index in [2.05, 4.69) is 15.1 Å². The molecule has 6 nitrogen and oxygen atoms in total. The summed E-state index contributed by atoms with van der Waals surface area (Å²) in [4.78, 5) is 19.2. The normalized spacial score (nSPS) is 12.3. The molecule has 2 aromatic rings. The van der Waals surface area contributed by atoms with Gasteiger partial charge in [-0.15, -0.1) is 0 Å². The molecule has 0 aliphatic carbocycles. The Morgan fingerprint density at radius 1 is 1.45 bits per heavy atom. The monoisotopic (exact) mass is 275 g/mol. The summed E-state index contributed by atoms with van der Waals surface area (Å²) in [5.41, 5.74) is 2.75. The van der Waals surface area contributed by atoms with Gasteiger partial charge >= 0.3 is 5.97 Å². The molecular weight excluding hydrogens is 258 g/mol. The summed E-state index contributed by atoms with van der Waals surface area (Å²) in [5.74, 6) is 0.0108. The number of hydrogen-bond donors (Lipinski definition) is 1. The quantitative estimate of drug-likeness (QED) is 0.901. The number of carboxylic acids is 1. The third-order valence-corrected chi connectivity index (χ3v) is 2.94. The highest BCUT2D eigenvalue weighted by Crippen LogP contribution is 2.19. The molecule has 1 atom stereocenters. The number of aromatic nitrogens is 3. The first-order chi connectivity index (χ1) is 9.45. The van der Waals surface area contributed by atoms with E-state index in [0.29, 0.717) is 23.8 Å². The van der Waals surface area contributed by atoms with Crippen molar-refractivity contribution in [1.82, 2.24) is 15.1 Å². The summed E-state index contributed by atoms with van der Waals surface area (Å²) in [5, 5.41) is 12.6. The second-order valence-electron chi connectivity index (χ2n) is 5.10. The van der Waals surface area contributed by atoms with Crippen molar-refractivity contribution in [2.24, 2.45) is 5.92 Å². The Kier molecular flexibility index (Phi) is 4.12. The first kappa shape index (κ1) is 14.2. The highest BCUT2D eigenvalue weighted by molar-refractivity contribution is 5.67. The van der Waals surface area contributed by atoms with Crippen LogP contribution in [0.2, 0.25) is 0 Å². The van der Waals surface area contributed by atoms with Gasteiger partial charge in [0.05, 0.1) is 0 Å². The van der Waals surface area contributed by atoms with Crippen LogP contribution < -0.4 is 0 Å². The molecule has 6 heteroatoms. The Labute approximate surface area is 116 Å². The minimum atomic E-state index is -0.826. The van der Waals surface area contributed by atoms with E-state index in [9.17, 15) is 4.79 Å². The predicted molar refractivity (Wildman–Crippen MR) is 72.1 cm³/mol. The van der Waals surface area contributed by atoms with E-state index in [1.165, 1.54) is 0 Å². The van der Waals surface area contributed by atoms with E-state index in [1.807, 2.05) is 26.8 Å². The van der Waals surface area contributed by atoms with E-state index in [-0.39, 0.29) is 12.3 Å². The highest BCUT2D eigenvalue weighted by Gasteiger charge is 2.16. The van der Waals surface area contributed by atoms with Crippen LogP contribution in [0.4, 0.5) is 0 Å². The van der Waals surface area contributed by atoms with Gasteiger partial charge in [0.1, 0.15) is 5.69 Å². The van der Waals surface area contributed by atoms with Crippen LogP contribution in [0.5, 0.6) is 0 Å². The summed E-state index contributed by atoms with van der Waals surface area (Å²) >= 11 is 0. The fraction of sp³-hybridized carbons (Fsp3) is 0.429. The van der Waals surface area contributed by atoms with Gasteiger partial charge < -0.3 is 9.63 Å². The number of rotatable bonds is 5. The van der Waals surface area contributed by atoms with Gasteiger partial charge in [-0.2, -0.15) is 4.98 Å². The lowest BCUT2D eigenvalue weighted by Crippen LogP contribution is -2.07. The molecule has 0 amide bonds. The minimum absolute atomic E-state index is 0.0483. The van der Waals surface area contributed by atoms with Gasteiger partial charge in [-0.05, 0) is 30.9 Å². The van der Waals surface area contributed by atoms with Crippen LogP contribution >= 0.6 is 0 Å². The molecular formula is C14H17N3O3. The fourth-order valence-electron chi connectivity index (χ4n) is 2.05. The summed E-state index contributed by atoms with van der Waals surface area (Å²) in [6, 6.07) is 2.01. The Bertz CT molecular complexity index is 622. The molecule has 0 aliphatic heterocycles. The van der Waals surface area contributed by atoms with Crippen molar-refractivity contribution in [1.29, 1.82) is 0 Å². The Hall–Kier alpha value is -2.24. The van der Waals surface area contributed by atoms with Crippen LogP contribution in [0.1, 0.15) is 30.4 Å². The van der Waals surface area contributed by atoms with Crippen molar-refractivity contribution in [3.63, 3.8) is 0 Å². The summed E-state index contributed by atoms with van der Waals surface area (Å²) in [7, 11) is 0. The van der Waals surface area contributed by atoms with Crippen molar-refractivity contribution < 1.29 is 14.4 Å². The molecule has 1 N–H and O–H groups in total. The standard InChI is InChI=1S/C14H17N3O3/c1-8(6-12(18)19)5-11-16-14(17-20-11)13-10(3)4-9(2)7-15-13/h4,7-8H,5-6H2,1-3H3,(H,18,19). The third kappa shape index (κ3) is 3.40. The lowest BCUT2D eigenvalue weighted by Gasteiger charge is -2.03. The summed E-state index contributed by atoms with van der Waals surface area (Å²) in [6.07, 6.45) is 2.29. The number of pyridine rings is 1. The molecule has 0 saturated heterocycles. The maximum Gasteiger partial charge on any atom is 0.303 e. The van der Waals surface area contributed by atoms with Gasteiger partial charge in [0.2, 0.25) is 11.7 Å². The largest absolute Gasteiger partial charge is 0.481 e. The SMILES string of the molecule is Cc1cnc(-c2noc(CC(C)CC(=O)O)n2)c(C)c1. The van der Waals surface area contributed by atoms with E-state index >= 15 is 0 Å². The number of hydrogen-bond acceptors (Lipinski definition) is 5. The van der Waals surface area contributed by atoms with Crippen LogP contribution in [0, 0.1) is 19.8 Å². The Balaban J connectivity index is 2.14. The maximum atomic E-state index is 10.6. The zero-order valence-corrected chi connectivity index (χ0v) is 11.8. The molecule has 0 saturated carbocycles. The summed E-state index contributed by atoms with van der Waals surface area (Å²) in [6.45, 7) is 5.75. The van der Waals surface area contributed by atoms with Gasteiger partial charge in [0, 0.05) is 19.0 Å². The molecule has 2 heterocycles. The van der Waals surface area contributed by atoms with Gasteiger partial charge in [-0.3, -0.25) is 9.78 Å². The van der Waals surface area contributed by atoms with Crippen LogP contribution in [0.15, 0.2) is 16.8 Å².